The Kier molecular flexibility index (Phi) is 3.34. The summed E-state index contributed by atoms with van der Waals surface area (Å²) in [6, 6.07) is -0.789. The lowest BCUT2D eigenvalue weighted by Crippen LogP contribution is -2.56. The average Bonchev–Trinajstić information content (AvgIpc) is 2.72. The predicted molar refractivity (Wildman–Crippen MR) is 68.8 cm³/mol. The summed E-state index contributed by atoms with van der Waals surface area (Å²) in [6.07, 6.45) is 3.08. The van der Waals surface area contributed by atoms with Crippen LogP contribution in [0, 0.1) is 12.3 Å². The largest absolute Gasteiger partial charge is 0.480 e. The summed E-state index contributed by atoms with van der Waals surface area (Å²) >= 11 is 0. The highest BCUT2D eigenvalue weighted by molar-refractivity contribution is 5.97. The van der Waals surface area contributed by atoms with Crippen LogP contribution in [0.3, 0.4) is 0 Å². The van der Waals surface area contributed by atoms with Crippen LogP contribution in [0.15, 0.2) is 6.20 Å². The number of aliphatic carboxylic acids is 1. The molecule has 104 valence electrons. The zero-order valence-corrected chi connectivity index (χ0v) is 11.4. The first-order chi connectivity index (χ1) is 8.84. The van der Waals surface area contributed by atoms with Crippen molar-refractivity contribution in [2.75, 3.05) is 6.54 Å². The number of aryl methyl sites for hydroxylation is 1. The second-order valence-corrected chi connectivity index (χ2v) is 5.74. The molecule has 1 saturated heterocycles. The molecular formula is C13H19N3O3. The van der Waals surface area contributed by atoms with Gasteiger partial charge in [-0.2, -0.15) is 5.10 Å². The van der Waals surface area contributed by atoms with E-state index in [0.717, 1.165) is 12.8 Å². The van der Waals surface area contributed by atoms with E-state index in [1.165, 1.54) is 11.1 Å². The number of carboxylic acid groups (broad SMARTS) is 1. The van der Waals surface area contributed by atoms with Crippen molar-refractivity contribution in [2.24, 2.45) is 5.41 Å². The summed E-state index contributed by atoms with van der Waals surface area (Å²) in [7, 11) is 0. The number of hydrogen-bond donors (Lipinski definition) is 2. The molecule has 1 aliphatic heterocycles. The van der Waals surface area contributed by atoms with E-state index < -0.39 is 17.4 Å². The van der Waals surface area contributed by atoms with Crippen molar-refractivity contribution in [1.82, 2.24) is 15.1 Å². The number of hydrogen-bond acceptors (Lipinski definition) is 3. The molecule has 1 fully saturated rings. The number of aromatic amines is 1. The van der Waals surface area contributed by atoms with Crippen molar-refractivity contribution < 1.29 is 14.7 Å². The van der Waals surface area contributed by atoms with Gasteiger partial charge in [-0.1, -0.05) is 13.8 Å². The third kappa shape index (κ3) is 2.34. The third-order valence-electron chi connectivity index (χ3n) is 3.83. The van der Waals surface area contributed by atoms with Crippen molar-refractivity contribution in [3.63, 3.8) is 0 Å². The van der Waals surface area contributed by atoms with Gasteiger partial charge in [-0.3, -0.25) is 9.89 Å². The molecule has 2 heterocycles. The smallest absolute Gasteiger partial charge is 0.326 e. The molecule has 6 nitrogen and oxygen atoms in total. The van der Waals surface area contributed by atoms with E-state index in [9.17, 15) is 14.7 Å². The average molecular weight is 265 g/mol. The number of likely N-dealkylation sites (tertiary alicyclic amines) is 1. The standard InChI is InChI=1S/C13H19N3O3/c1-8-9(7-14-15-8)11(17)16-6-4-5-13(2,3)10(16)12(18)19/h7,10H,4-6H2,1-3H3,(H,14,15)(H,18,19). The third-order valence-corrected chi connectivity index (χ3v) is 3.83. The van der Waals surface area contributed by atoms with Crippen LogP contribution in [0.4, 0.5) is 0 Å². The van der Waals surface area contributed by atoms with E-state index in [1.54, 1.807) is 6.92 Å². The summed E-state index contributed by atoms with van der Waals surface area (Å²) in [5.74, 6) is -1.20. The fourth-order valence-electron chi connectivity index (χ4n) is 2.80. The number of piperidine rings is 1. The van der Waals surface area contributed by atoms with Crippen molar-refractivity contribution in [3.05, 3.63) is 17.5 Å². The molecule has 0 aromatic carbocycles. The molecule has 0 spiro atoms. The summed E-state index contributed by atoms with van der Waals surface area (Å²) in [6.45, 7) is 6.02. The maximum Gasteiger partial charge on any atom is 0.326 e. The Morgan fingerprint density at radius 2 is 2.21 bits per heavy atom. The molecule has 1 aromatic rings. The fourth-order valence-corrected chi connectivity index (χ4v) is 2.80. The van der Waals surface area contributed by atoms with Crippen LogP contribution in [0.2, 0.25) is 0 Å². The van der Waals surface area contributed by atoms with Crippen molar-refractivity contribution in [1.29, 1.82) is 0 Å². The highest BCUT2D eigenvalue weighted by atomic mass is 16.4. The van der Waals surface area contributed by atoms with Gasteiger partial charge in [0.1, 0.15) is 6.04 Å². The van der Waals surface area contributed by atoms with Gasteiger partial charge in [-0.15, -0.1) is 0 Å². The normalized spacial score (nSPS) is 22.3. The highest BCUT2D eigenvalue weighted by Gasteiger charge is 2.44. The van der Waals surface area contributed by atoms with Crippen LogP contribution in [0.1, 0.15) is 42.7 Å². The van der Waals surface area contributed by atoms with E-state index in [4.69, 9.17) is 0 Å². The second-order valence-electron chi connectivity index (χ2n) is 5.74. The minimum absolute atomic E-state index is 0.258. The number of aromatic nitrogens is 2. The number of H-pyrrole nitrogens is 1. The molecule has 2 rings (SSSR count). The van der Waals surface area contributed by atoms with Gasteiger partial charge in [0.25, 0.3) is 5.91 Å². The molecular weight excluding hydrogens is 246 g/mol. The number of carbonyl (C=O) groups excluding carboxylic acids is 1. The maximum atomic E-state index is 12.5. The lowest BCUT2D eigenvalue weighted by atomic mass is 9.76. The van der Waals surface area contributed by atoms with Crippen LogP contribution < -0.4 is 0 Å². The molecule has 1 unspecified atom stereocenters. The van der Waals surface area contributed by atoms with Gasteiger partial charge in [0.2, 0.25) is 0 Å². The van der Waals surface area contributed by atoms with Crippen LogP contribution in [-0.4, -0.2) is 44.7 Å². The number of carbonyl (C=O) groups is 2. The Labute approximate surface area is 111 Å². The molecule has 1 aromatic heterocycles. The van der Waals surface area contributed by atoms with Crippen molar-refractivity contribution in [2.45, 2.75) is 39.7 Å². The van der Waals surface area contributed by atoms with Crippen LogP contribution in [0.5, 0.6) is 0 Å². The zero-order chi connectivity index (χ0) is 14.2. The lowest BCUT2D eigenvalue weighted by molar-refractivity contribution is -0.148. The first-order valence-corrected chi connectivity index (χ1v) is 6.38. The molecule has 6 heteroatoms. The molecule has 0 bridgehead atoms. The molecule has 1 aliphatic rings. The monoisotopic (exact) mass is 265 g/mol. The summed E-state index contributed by atoms with van der Waals surface area (Å²) in [5.41, 5.74) is 0.693. The zero-order valence-electron chi connectivity index (χ0n) is 11.4. The molecule has 0 saturated carbocycles. The molecule has 0 aliphatic carbocycles. The van der Waals surface area contributed by atoms with Gasteiger partial charge in [0, 0.05) is 12.2 Å². The van der Waals surface area contributed by atoms with Gasteiger partial charge < -0.3 is 10.0 Å². The van der Waals surface area contributed by atoms with Crippen LogP contribution >= 0.6 is 0 Å². The molecule has 1 atom stereocenters. The highest BCUT2D eigenvalue weighted by Crippen LogP contribution is 2.36. The Hall–Kier alpha value is -1.85. The van der Waals surface area contributed by atoms with E-state index in [2.05, 4.69) is 10.2 Å². The first-order valence-electron chi connectivity index (χ1n) is 6.38. The molecule has 0 radical (unpaired) electrons. The summed E-state index contributed by atoms with van der Waals surface area (Å²) < 4.78 is 0. The van der Waals surface area contributed by atoms with Crippen molar-refractivity contribution in [3.8, 4) is 0 Å². The van der Waals surface area contributed by atoms with E-state index in [1.807, 2.05) is 13.8 Å². The van der Waals surface area contributed by atoms with Crippen LogP contribution in [0.25, 0.3) is 0 Å². The maximum absolute atomic E-state index is 12.5. The minimum atomic E-state index is -0.945. The van der Waals surface area contributed by atoms with Gasteiger partial charge in [-0.05, 0) is 25.2 Å². The Morgan fingerprint density at radius 1 is 1.53 bits per heavy atom. The van der Waals surface area contributed by atoms with Gasteiger partial charge in [0.15, 0.2) is 0 Å². The van der Waals surface area contributed by atoms with E-state index >= 15 is 0 Å². The quantitative estimate of drug-likeness (QED) is 0.847. The van der Waals surface area contributed by atoms with Gasteiger partial charge in [0.05, 0.1) is 11.8 Å². The van der Waals surface area contributed by atoms with E-state index in [-0.39, 0.29) is 5.91 Å². The summed E-state index contributed by atoms with van der Waals surface area (Å²) in [4.78, 5) is 25.5. The van der Waals surface area contributed by atoms with Crippen LogP contribution in [-0.2, 0) is 4.79 Å². The molecule has 19 heavy (non-hydrogen) atoms. The molecule has 1 amide bonds. The number of carboxylic acids is 1. The van der Waals surface area contributed by atoms with Gasteiger partial charge >= 0.3 is 5.97 Å². The van der Waals surface area contributed by atoms with Crippen molar-refractivity contribution >= 4 is 11.9 Å². The van der Waals surface area contributed by atoms with Gasteiger partial charge in [-0.25, -0.2) is 4.79 Å². The predicted octanol–water partition coefficient (Wildman–Crippen LogP) is 1.43. The fraction of sp³-hybridized carbons (Fsp3) is 0.615. The Balaban J connectivity index is 2.34. The van der Waals surface area contributed by atoms with E-state index in [0.29, 0.717) is 17.8 Å². The number of nitrogens with one attached hydrogen (secondary N) is 1. The topological polar surface area (TPSA) is 86.3 Å². The molecule has 2 N–H and O–H groups in total. The Bertz CT molecular complexity index is 507. The summed E-state index contributed by atoms with van der Waals surface area (Å²) in [5, 5.41) is 16.0. The minimum Gasteiger partial charge on any atom is -0.480 e. The Morgan fingerprint density at radius 3 is 2.74 bits per heavy atom. The SMILES string of the molecule is Cc1[nH]ncc1C(=O)N1CCCC(C)(C)C1C(=O)O. The second kappa shape index (κ2) is 4.68. The number of amides is 1. The first kappa shape index (κ1) is 13.6. The number of nitrogens with zero attached hydrogens (tertiary/aromatic N) is 2. The lowest BCUT2D eigenvalue weighted by Gasteiger charge is -2.43. The number of rotatable bonds is 2.